The molecule has 5 heteroatoms. The molecular weight excluding hydrogens is 532 g/mol. The average molecular weight is 603 g/mol. The van der Waals surface area contributed by atoms with Crippen LogP contribution in [0.25, 0.3) is 0 Å². The van der Waals surface area contributed by atoms with Crippen molar-refractivity contribution in [2.75, 3.05) is 40.4 Å². The summed E-state index contributed by atoms with van der Waals surface area (Å²) in [5.74, 6) is 1.81. The van der Waals surface area contributed by atoms with Crippen LogP contribution in [0, 0.1) is 0 Å². The molecule has 0 spiro atoms. The standard InChI is InChI=1S/C38H70N2O3/c1-5-7-9-11-13-15-17-19-21-30-39(3)37-28-24-32-41-33-25-29-38(43-36-27-23-26-35(34-36)42-37)40(4)31-22-20-18-16-14-12-10-8-6-2/h23,26-27,34,37-38H,5-22,24-25,28-33H2,1-4H3. The van der Waals surface area contributed by atoms with Gasteiger partial charge < -0.3 is 14.2 Å². The Bertz CT molecular complexity index is 703. The zero-order valence-corrected chi connectivity index (χ0v) is 29.0. The summed E-state index contributed by atoms with van der Waals surface area (Å²) in [4.78, 5) is 4.81. The number of unbranched alkanes of at least 4 members (excludes halogenated alkanes) is 16. The van der Waals surface area contributed by atoms with Gasteiger partial charge in [0.25, 0.3) is 0 Å². The molecule has 5 nitrogen and oxygen atoms in total. The van der Waals surface area contributed by atoms with Crippen molar-refractivity contribution in [3.63, 3.8) is 0 Å². The number of fused-ring (bicyclic) bond motifs is 2. The zero-order valence-electron chi connectivity index (χ0n) is 29.0. The van der Waals surface area contributed by atoms with E-state index in [9.17, 15) is 0 Å². The molecule has 0 saturated carbocycles. The molecular formula is C38H70N2O3. The SMILES string of the molecule is CCCCCCCCCCCN(C)C1CCCOCCCC(N(C)CCCCCCCCCCC)Oc2cccc(c2)O1. The van der Waals surface area contributed by atoms with E-state index in [-0.39, 0.29) is 12.5 Å². The van der Waals surface area contributed by atoms with Gasteiger partial charge in [0.05, 0.1) is 0 Å². The van der Waals surface area contributed by atoms with Crippen LogP contribution in [0.5, 0.6) is 11.5 Å². The second kappa shape index (κ2) is 26.0. The molecule has 1 aromatic carbocycles. The monoisotopic (exact) mass is 603 g/mol. The molecule has 43 heavy (non-hydrogen) atoms. The van der Waals surface area contributed by atoms with Gasteiger partial charge in [0.15, 0.2) is 12.5 Å². The van der Waals surface area contributed by atoms with Crippen LogP contribution >= 0.6 is 0 Å². The summed E-state index contributed by atoms with van der Waals surface area (Å²) in [5, 5.41) is 0. The van der Waals surface area contributed by atoms with Gasteiger partial charge in [0.2, 0.25) is 0 Å². The predicted molar refractivity (Wildman–Crippen MR) is 184 cm³/mol. The number of hydrogen-bond donors (Lipinski definition) is 0. The van der Waals surface area contributed by atoms with Crippen molar-refractivity contribution in [3.05, 3.63) is 24.3 Å². The lowest BCUT2D eigenvalue weighted by molar-refractivity contribution is 0.0128. The molecule has 2 atom stereocenters. The van der Waals surface area contributed by atoms with Crippen molar-refractivity contribution < 1.29 is 14.2 Å². The summed E-state index contributed by atoms with van der Waals surface area (Å²) in [6.07, 6.45) is 28.5. The summed E-state index contributed by atoms with van der Waals surface area (Å²) < 4.78 is 19.3. The molecule has 1 aliphatic heterocycles. The zero-order chi connectivity index (χ0) is 30.8. The maximum atomic E-state index is 6.60. The van der Waals surface area contributed by atoms with E-state index in [1.165, 1.54) is 116 Å². The second-order valence-corrected chi connectivity index (χ2v) is 13.1. The summed E-state index contributed by atoms with van der Waals surface area (Å²) in [5.41, 5.74) is 0. The highest BCUT2D eigenvalue weighted by atomic mass is 16.5. The fourth-order valence-corrected chi connectivity index (χ4v) is 6.13. The Balaban J connectivity index is 1.82. The third-order valence-corrected chi connectivity index (χ3v) is 9.04. The van der Waals surface area contributed by atoms with Crippen molar-refractivity contribution >= 4 is 0 Å². The molecule has 1 aliphatic rings. The van der Waals surface area contributed by atoms with Crippen LogP contribution in [0.1, 0.15) is 155 Å². The molecule has 1 heterocycles. The summed E-state index contributed by atoms with van der Waals surface area (Å²) in [7, 11) is 4.44. The van der Waals surface area contributed by atoms with Crippen LogP contribution in [0.15, 0.2) is 24.3 Å². The second-order valence-electron chi connectivity index (χ2n) is 13.1. The van der Waals surface area contributed by atoms with Crippen molar-refractivity contribution in [1.82, 2.24) is 9.80 Å². The first-order valence-electron chi connectivity index (χ1n) is 18.6. The van der Waals surface area contributed by atoms with Gasteiger partial charge in [-0.3, -0.25) is 9.80 Å². The van der Waals surface area contributed by atoms with Crippen molar-refractivity contribution in [2.45, 2.75) is 168 Å². The van der Waals surface area contributed by atoms with E-state index < -0.39 is 0 Å². The first kappa shape index (κ1) is 37.9. The van der Waals surface area contributed by atoms with Gasteiger partial charge in [-0.1, -0.05) is 123 Å². The number of hydrogen-bond acceptors (Lipinski definition) is 5. The summed E-state index contributed by atoms with van der Waals surface area (Å²) in [6.45, 7) is 8.32. The Kier molecular flexibility index (Phi) is 22.9. The van der Waals surface area contributed by atoms with Gasteiger partial charge in [-0.2, -0.15) is 0 Å². The highest BCUT2D eigenvalue weighted by molar-refractivity contribution is 5.33. The highest BCUT2D eigenvalue weighted by Gasteiger charge is 2.20. The molecule has 250 valence electrons. The first-order chi connectivity index (χ1) is 21.1. The summed E-state index contributed by atoms with van der Waals surface area (Å²) in [6, 6.07) is 8.33. The van der Waals surface area contributed by atoms with Crippen LogP contribution in [-0.4, -0.2) is 62.7 Å². The van der Waals surface area contributed by atoms with Gasteiger partial charge in [-0.25, -0.2) is 0 Å². The molecule has 2 rings (SSSR count). The third kappa shape index (κ3) is 19.0. The number of ether oxygens (including phenoxy) is 3. The number of rotatable bonds is 22. The lowest BCUT2D eigenvalue weighted by Crippen LogP contribution is -2.38. The third-order valence-electron chi connectivity index (χ3n) is 9.04. The van der Waals surface area contributed by atoms with E-state index in [0.29, 0.717) is 0 Å². The Morgan fingerprint density at radius 2 is 0.930 bits per heavy atom. The minimum absolute atomic E-state index is 0.0564. The fraction of sp³-hybridized carbons (Fsp3) is 0.842. The lowest BCUT2D eigenvalue weighted by atomic mass is 10.1. The minimum atomic E-state index is 0.0564. The van der Waals surface area contributed by atoms with E-state index in [1.807, 2.05) is 0 Å². The molecule has 0 aliphatic carbocycles. The molecule has 0 amide bonds. The Morgan fingerprint density at radius 3 is 1.33 bits per heavy atom. The lowest BCUT2D eigenvalue weighted by Gasteiger charge is -2.31. The van der Waals surface area contributed by atoms with Crippen molar-refractivity contribution in [3.8, 4) is 11.5 Å². The Labute approximate surface area is 267 Å². The molecule has 2 bridgehead atoms. The number of nitrogens with zero attached hydrogens (tertiary/aromatic N) is 2. The first-order valence-corrected chi connectivity index (χ1v) is 18.6. The number of benzene rings is 1. The van der Waals surface area contributed by atoms with Crippen LogP contribution in [0.3, 0.4) is 0 Å². The topological polar surface area (TPSA) is 34.2 Å². The smallest absolute Gasteiger partial charge is 0.152 e. The van der Waals surface area contributed by atoms with Crippen LogP contribution < -0.4 is 9.47 Å². The van der Waals surface area contributed by atoms with Gasteiger partial charge in [0, 0.05) is 45.2 Å². The van der Waals surface area contributed by atoms with Crippen molar-refractivity contribution in [2.24, 2.45) is 0 Å². The largest absolute Gasteiger partial charge is 0.475 e. The predicted octanol–water partition coefficient (Wildman–Crippen LogP) is 10.6. The molecule has 0 saturated heterocycles. The van der Waals surface area contributed by atoms with E-state index in [2.05, 4.69) is 62.0 Å². The van der Waals surface area contributed by atoms with E-state index in [0.717, 1.165) is 63.5 Å². The van der Waals surface area contributed by atoms with Gasteiger partial charge in [0.1, 0.15) is 11.5 Å². The Morgan fingerprint density at radius 1 is 0.558 bits per heavy atom. The quantitative estimate of drug-likeness (QED) is 0.123. The van der Waals surface area contributed by atoms with E-state index >= 15 is 0 Å². The molecule has 0 aromatic heterocycles. The van der Waals surface area contributed by atoms with Crippen LogP contribution in [0.4, 0.5) is 0 Å². The molecule has 0 radical (unpaired) electrons. The maximum absolute atomic E-state index is 6.60. The van der Waals surface area contributed by atoms with Gasteiger partial charge >= 0.3 is 0 Å². The molecule has 1 aromatic rings. The highest BCUT2D eigenvalue weighted by Crippen LogP contribution is 2.25. The van der Waals surface area contributed by atoms with E-state index in [1.54, 1.807) is 0 Å². The molecule has 2 unspecified atom stereocenters. The van der Waals surface area contributed by atoms with Gasteiger partial charge in [-0.05, 0) is 51.9 Å². The van der Waals surface area contributed by atoms with Crippen LogP contribution in [0.2, 0.25) is 0 Å². The van der Waals surface area contributed by atoms with Gasteiger partial charge in [-0.15, -0.1) is 0 Å². The Hall–Kier alpha value is -1.30. The normalized spacial score (nSPS) is 18.4. The van der Waals surface area contributed by atoms with E-state index in [4.69, 9.17) is 14.2 Å². The molecule has 0 N–H and O–H groups in total. The molecule has 0 fully saturated rings. The minimum Gasteiger partial charge on any atom is -0.475 e. The average Bonchev–Trinajstić information content (AvgIpc) is 3.01. The van der Waals surface area contributed by atoms with Crippen molar-refractivity contribution in [1.29, 1.82) is 0 Å². The summed E-state index contributed by atoms with van der Waals surface area (Å²) >= 11 is 0. The van der Waals surface area contributed by atoms with Crippen LogP contribution in [-0.2, 0) is 4.74 Å². The maximum Gasteiger partial charge on any atom is 0.152 e. The fourth-order valence-electron chi connectivity index (χ4n) is 6.13.